The lowest BCUT2D eigenvalue weighted by Crippen LogP contribution is -2.26. The number of aromatic hydroxyl groups is 1. The van der Waals surface area contributed by atoms with Gasteiger partial charge in [-0.2, -0.15) is 4.58 Å². The third-order valence-electron chi connectivity index (χ3n) is 5.14. The van der Waals surface area contributed by atoms with Crippen LogP contribution >= 0.6 is 0 Å². The maximum absolute atomic E-state index is 10.0. The Morgan fingerprint density at radius 2 is 1.80 bits per heavy atom. The first-order chi connectivity index (χ1) is 12.0. The minimum Gasteiger partial charge on any atom is -0.506 e. The molecule has 0 aliphatic carbocycles. The Hall–Kier alpha value is -2.94. The van der Waals surface area contributed by atoms with E-state index in [9.17, 15) is 5.11 Å². The number of aromatic nitrogens is 1. The molecule has 3 nitrogen and oxygen atoms in total. The van der Waals surface area contributed by atoms with Crippen molar-refractivity contribution in [2.45, 2.75) is 19.3 Å². The molecule has 0 atom stereocenters. The van der Waals surface area contributed by atoms with Gasteiger partial charge in [0.1, 0.15) is 18.3 Å². The molecule has 0 amide bonds. The molecule has 1 N–H and O–H groups in total. The number of hydrogen-bond acceptors (Lipinski definition) is 2. The van der Waals surface area contributed by atoms with E-state index >= 15 is 0 Å². The van der Waals surface area contributed by atoms with Crippen LogP contribution in [0.5, 0.6) is 5.75 Å². The largest absolute Gasteiger partial charge is 0.506 e. The van der Waals surface area contributed by atoms with Crippen molar-refractivity contribution in [1.29, 1.82) is 0 Å². The zero-order valence-electron chi connectivity index (χ0n) is 14.7. The van der Waals surface area contributed by atoms with Crippen molar-refractivity contribution in [2.75, 3.05) is 7.05 Å². The summed E-state index contributed by atoms with van der Waals surface area (Å²) in [7, 11) is 2.11. The predicted molar refractivity (Wildman–Crippen MR) is 103 cm³/mol. The number of pyridine rings is 1. The lowest BCUT2D eigenvalue weighted by atomic mass is 9.81. The maximum atomic E-state index is 10.0. The molecule has 0 fully saturated rings. The van der Waals surface area contributed by atoms with E-state index in [0.29, 0.717) is 5.52 Å². The summed E-state index contributed by atoms with van der Waals surface area (Å²) in [5, 5.41) is 11.0. The first-order valence-electron chi connectivity index (χ1n) is 8.45. The molecule has 3 heteroatoms. The summed E-state index contributed by atoms with van der Waals surface area (Å²) in [6, 6.07) is 16.1. The third kappa shape index (κ3) is 2.35. The van der Waals surface area contributed by atoms with Crippen molar-refractivity contribution in [2.24, 2.45) is 0 Å². The van der Waals surface area contributed by atoms with E-state index < -0.39 is 0 Å². The highest BCUT2D eigenvalue weighted by Crippen LogP contribution is 2.39. The Labute approximate surface area is 147 Å². The van der Waals surface area contributed by atoms with E-state index in [1.54, 1.807) is 12.3 Å². The van der Waals surface area contributed by atoms with Crippen LogP contribution in [0.1, 0.15) is 25.0 Å². The van der Waals surface area contributed by atoms with Crippen LogP contribution in [0.2, 0.25) is 0 Å². The van der Waals surface area contributed by atoms with E-state index in [-0.39, 0.29) is 11.2 Å². The summed E-state index contributed by atoms with van der Waals surface area (Å²) in [4.78, 5) is 4.30. The molecule has 0 radical (unpaired) electrons. The standard InChI is InChI=1S/C22H20N2O/c1-22(2)17-8-4-5-9-18(17)24(3)20(22)13-11-15-10-12-19(25)21-16(15)7-6-14-23-21/h4-14H,1-3H3/p+1. The predicted octanol–water partition coefficient (Wildman–Crippen LogP) is 4.66. The topological polar surface area (TPSA) is 36.1 Å². The number of para-hydroxylation sites is 1. The molecule has 0 spiro atoms. The van der Waals surface area contributed by atoms with E-state index in [1.807, 2.05) is 18.2 Å². The van der Waals surface area contributed by atoms with E-state index in [0.717, 1.165) is 10.9 Å². The van der Waals surface area contributed by atoms with Crippen LogP contribution in [-0.2, 0) is 5.41 Å². The fourth-order valence-electron chi connectivity index (χ4n) is 3.80. The summed E-state index contributed by atoms with van der Waals surface area (Å²) in [5.41, 5.74) is 5.48. The second-order valence-electron chi connectivity index (χ2n) is 6.99. The third-order valence-corrected chi connectivity index (χ3v) is 5.14. The molecule has 1 aliphatic rings. The number of phenols is 1. The van der Waals surface area contributed by atoms with Crippen molar-refractivity contribution in [3.8, 4) is 5.75 Å². The Kier molecular flexibility index (Phi) is 3.46. The quantitative estimate of drug-likeness (QED) is 0.694. The Morgan fingerprint density at radius 3 is 2.60 bits per heavy atom. The van der Waals surface area contributed by atoms with Gasteiger partial charge in [-0.3, -0.25) is 4.98 Å². The molecular formula is C22H21N2O+. The van der Waals surface area contributed by atoms with E-state index in [2.05, 4.69) is 66.9 Å². The first-order valence-corrected chi connectivity index (χ1v) is 8.45. The lowest BCUT2D eigenvalue weighted by molar-refractivity contribution is -0.401. The first kappa shape index (κ1) is 15.6. The zero-order valence-corrected chi connectivity index (χ0v) is 14.7. The molecule has 0 saturated heterocycles. The van der Waals surface area contributed by atoms with E-state index in [1.165, 1.54) is 17.0 Å². The monoisotopic (exact) mass is 329 g/mol. The Morgan fingerprint density at radius 1 is 1.00 bits per heavy atom. The number of phenolic OH excluding ortho intramolecular Hbond substituents is 1. The lowest BCUT2D eigenvalue weighted by Gasteiger charge is -2.15. The van der Waals surface area contributed by atoms with Crippen molar-refractivity contribution in [1.82, 2.24) is 4.98 Å². The Balaban J connectivity index is 1.82. The number of rotatable bonds is 2. The fraction of sp³-hybridized carbons (Fsp3) is 0.182. The number of fused-ring (bicyclic) bond motifs is 2. The molecular weight excluding hydrogens is 308 g/mol. The van der Waals surface area contributed by atoms with Gasteiger partial charge in [-0.05, 0) is 37.6 Å². The van der Waals surface area contributed by atoms with Crippen LogP contribution in [0.4, 0.5) is 5.69 Å². The Bertz CT molecular complexity index is 1040. The van der Waals surface area contributed by atoms with Gasteiger partial charge in [0.2, 0.25) is 5.69 Å². The second-order valence-corrected chi connectivity index (χ2v) is 6.99. The normalized spacial score (nSPS) is 16.0. The van der Waals surface area contributed by atoms with Crippen LogP contribution < -0.4 is 0 Å². The maximum Gasteiger partial charge on any atom is 0.209 e. The summed E-state index contributed by atoms with van der Waals surface area (Å²) >= 11 is 0. The van der Waals surface area contributed by atoms with Crippen LogP contribution in [0.25, 0.3) is 17.0 Å². The molecule has 1 aromatic heterocycles. The molecule has 25 heavy (non-hydrogen) atoms. The molecule has 2 aromatic carbocycles. The molecule has 3 aromatic rings. The van der Waals surface area contributed by atoms with Gasteiger partial charge in [0.05, 0.1) is 5.41 Å². The summed E-state index contributed by atoms with van der Waals surface area (Å²) in [5.74, 6) is 0.214. The molecule has 0 saturated carbocycles. The van der Waals surface area contributed by atoms with Gasteiger partial charge in [-0.25, -0.2) is 0 Å². The molecule has 4 rings (SSSR count). The fourth-order valence-corrected chi connectivity index (χ4v) is 3.80. The minimum absolute atomic E-state index is 0.0488. The number of nitrogens with zero attached hydrogens (tertiary/aromatic N) is 2. The van der Waals surface area contributed by atoms with Crippen LogP contribution in [0.3, 0.4) is 0 Å². The van der Waals surface area contributed by atoms with Crippen molar-refractivity contribution < 1.29 is 9.68 Å². The molecule has 0 unspecified atom stereocenters. The molecule has 2 heterocycles. The van der Waals surface area contributed by atoms with Gasteiger partial charge in [0.25, 0.3) is 0 Å². The van der Waals surface area contributed by atoms with Gasteiger partial charge in [0.15, 0.2) is 5.71 Å². The van der Waals surface area contributed by atoms with E-state index in [4.69, 9.17) is 0 Å². The minimum atomic E-state index is -0.0488. The number of hydrogen-bond donors (Lipinski definition) is 1. The van der Waals surface area contributed by atoms with Crippen LogP contribution in [-0.4, -0.2) is 27.4 Å². The summed E-state index contributed by atoms with van der Waals surface area (Å²) in [6.07, 6.45) is 6.00. The van der Waals surface area contributed by atoms with Crippen LogP contribution in [0, 0.1) is 0 Å². The SMILES string of the molecule is C[N+]1=C(C=Cc2ccc(O)c3ncccc23)C(C)(C)c2ccccc21. The molecule has 124 valence electrons. The van der Waals surface area contributed by atoms with Gasteiger partial charge in [0, 0.05) is 29.3 Å². The second kappa shape index (κ2) is 5.55. The van der Waals surface area contributed by atoms with Crippen molar-refractivity contribution in [3.05, 3.63) is 71.9 Å². The summed E-state index contributed by atoms with van der Waals surface area (Å²) < 4.78 is 2.26. The average molecular weight is 329 g/mol. The van der Waals surface area contributed by atoms with Crippen molar-refractivity contribution >= 4 is 28.4 Å². The highest BCUT2D eigenvalue weighted by Gasteiger charge is 2.42. The highest BCUT2D eigenvalue weighted by atomic mass is 16.3. The van der Waals surface area contributed by atoms with Gasteiger partial charge in [-0.15, -0.1) is 0 Å². The van der Waals surface area contributed by atoms with Gasteiger partial charge in [-0.1, -0.05) is 30.3 Å². The van der Waals surface area contributed by atoms with Crippen LogP contribution in [0.15, 0.2) is 60.8 Å². The number of benzene rings is 2. The average Bonchev–Trinajstić information content (AvgIpc) is 2.82. The number of allylic oxidation sites excluding steroid dienone is 1. The summed E-state index contributed by atoms with van der Waals surface area (Å²) in [6.45, 7) is 4.51. The smallest absolute Gasteiger partial charge is 0.209 e. The van der Waals surface area contributed by atoms with Crippen molar-refractivity contribution in [3.63, 3.8) is 0 Å². The zero-order chi connectivity index (χ0) is 17.6. The highest BCUT2D eigenvalue weighted by molar-refractivity contribution is 6.06. The molecule has 0 bridgehead atoms. The van der Waals surface area contributed by atoms with Gasteiger partial charge >= 0.3 is 0 Å². The molecule has 1 aliphatic heterocycles. The van der Waals surface area contributed by atoms with Gasteiger partial charge < -0.3 is 5.11 Å².